The molecule has 0 atom stereocenters. The zero-order valence-electron chi connectivity index (χ0n) is 17.8. The van der Waals surface area contributed by atoms with Crippen LogP contribution in [0.25, 0.3) is 6.08 Å². The number of imide groups is 1. The minimum absolute atomic E-state index is 0.00574. The van der Waals surface area contributed by atoms with Crippen molar-refractivity contribution in [2.24, 2.45) is 0 Å². The van der Waals surface area contributed by atoms with Gasteiger partial charge in [0.05, 0.1) is 4.91 Å². The van der Waals surface area contributed by atoms with E-state index in [0.717, 1.165) is 16.7 Å². The van der Waals surface area contributed by atoms with Crippen LogP contribution >= 0.6 is 11.8 Å². The van der Waals surface area contributed by atoms with Gasteiger partial charge in [-0.3, -0.25) is 19.3 Å². The molecule has 0 aliphatic carbocycles. The molecule has 1 saturated heterocycles. The fraction of sp³-hybridized carbons (Fsp3) is 0.381. The lowest BCUT2D eigenvalue weighted by Gasteiger charge is -2.12. The highest BCUT2D eigenvalue weighted by molar-refractivity contribution is 8.18. The quantitative estimate of drug-likeness (QED) is 0.487. The third-order valence-corrected chi connectivity index (χ3v) is 5.46. The average molecular weight is 480 g/mol. The van der Waals surface area contributed by atoms with Gasteiger partial charge in [0, 0.05) is 32.4 Å². The first-order chi connectivity index (χ1) is 15.9. The summed E-state index contributed by atoms with van der Waals surface area (Å²) in [5.74, 6) is 0.418. The van der Waals surface area contributed by atoms with Crippen molar-refractivity contribution in [3.8, 4) is 5.75 Å². The first-order valence-corrected chi connectivity index (χ1v) is 11.1. The van der Waals surface area contributed by atoms with Crippen LogP contribution in [-0.2, 0) is 22.4 Å². The van der Waals surface area contributed by atoms with Crippen molar-refractivity contribution in [3.05, 3.63) is 46.4 Å². The maximum absolute atomic E-state index is 12.5. The Morgan fingerprint density at radius 2 is 2.06 bits per heavy atom. The Hall–Kier alpha value is -3.28. The van der Waals surface area contributed by atoms with E-state index in [9.17, 15) is 23.2 Å². The van der Waals surface area contributed by atoms with Crippen LogP contribution in [0.15, 0.2) is 33.7 Å². The normalized spacial score (nSPS) is 15.0. The number of nitrogens with one attached hydrogen (secondary N) is 1. The molecule has 1 aliphatic rings. The van der Waals surface area contributed by atoms with Gasteiger partial charge in [0.15, 0.2) is 5.82 Å². The molecule has 0 bridgehead atoms. The third kappa shape index (κ3) is 7.11. The lowest BCUT2D eigenvalue weighted by Crippen LogP contribution is -2.37. The van der Waals surface area contributed by atoms with E-state index in [4.69, 9.17) is 4.52 Å². The molecule has 33 heavy (non-hydrogen) atoms. The van der Waals surface area contributed by atoms with Crippen LogP contribution in [0.1, 0.15) is 37.0 Å². The Labute approximate surface area is 192 Å². The number of aromatic nitrogens is 2. The fourth-order valence-electron chi connectivity index (χ4n) is 2.92. The van der Waals surface area contributed by atoms with Crippen molar-refractivity contribution < 1.29 is 32.4 Å². The molecule has 0 unspecified atom stereocenters. The second kappa shape index (κ2) is 11.5. The van der Waals surface area contributed by atoms with Crippen LogP contribution in [0.4, 0.5) is 13.6 Å². The van der Waals surface area contributed by atoms with E-state index >= 15 is 0 Å². The van der Waals surface area contributed by atoms with E-state index in [1.54, 1.807) is 0 Å². The monoisotopic (exact) mass is 480 g/mol. The number of rotatable bonds is 11. The van der Waals surface area contributed by atoms with Crippen LogP contribution < -0.4 is 10.1 Å². The molecule has 3 rings (SSSR count). The van der Waals surface area contributed by atoms with Gasteiger partial charge in [-0.1, -0.05) is 24.2 Å². The van der Waals surface area contributed by atoms with Crippen LogP contribution in [0.2, 0.25) is 0 Å². The van der Waals surface area contributed by atoms with E-state index < -0.39 is 17.8 Å². The summed E-state index contributed by atoms with van der Waals surface area (Å²) in [6.07, 6.45) is 3.44. The van der Waals surface area contributed by atoms with Gasteiger partial charge in [0.25, 0.3) is 11.1 Å². The number of thioether (sulfide) groups is 1. The van der Waals surface area contributed by atoms with Gasteiger partial charge in [0.1, 0.15) is 5.75 Å². The van der Waals surface area contributed by atoms with E-state index in [2.05, 4.69) is 20.2 Å². The van der Waals surface area contributed by atoms with E-state index in [1.165, 1.54) is 30.3 Å². The second-order valence-corrected chi connectivity index (χ2v) is 7.94. The number of alkyl halides is 2. The van der Waals surface area contributed by atoms with Gasteiger partial charge < -0.3 is 14.6 Å². The molecule has 12 heteroatoms. The number of hydrogen-bond donors (Lipinski definition) is 1. The Morgan fingerprint density at radius 3 is 2.73 bits per heavy atom. The smallest absolute Gasteiger partial charge is 0.387 e. The molecule has 2 heterocycles. The number of ether oxygens (including phenoxy) is 1. The lowest BCUT2D eigenvalue weighted by molar-refractivity contribution is -0.124. The van der Waals surface area contributed by atoms with Crippen LogP contribution in [0.3, 0.4) is 0 Å². The number of hydrogen-bond acceptors (Lipinski definition) is 8. The van der Waals surface area contributed by atoms with Crippen LogP contribution in [-0.4, -0.2) is 51.8 Å². The molecule has 1 aromatic heterocycles. The summed E-state index contributed by atoms with van der Waals surface area (Å²) in [6.45, 7) is -0.837. The molecule has 2 aromatic rings. The second-order valence-electron chi connectivity index (χ2n) is 6.94. The summed E-state index contributed by atoms with van der Waals surface area (Å²) in [5.41, 5.74) is 0.558. The molecular weight excluding hydrogens is 458 g/mol. The number of halogens is 2. The third-order valence-electron chi connectivity index (χ3n) is 4.56. The summed E-state index contributed by atoms with van der Waals surface area (Å²) in [4.78, 5) is 42.1. The van der Waals surface area contributed by atoms with Crippen molar-refractivity contribution in [3.63, 3.8) is 0 Å². The largest absolute Gasteiger partial charge is 0.435 e. The highest BCUT2D eigenvalue weighted by Crippen LogP contribution is 2.32. The Bertz CT molecular complexity index is 1030. The first-order valence-electron chi connectivity index (χ1n) is 10.2. The van der Waals surface area contributed by atoms with Gasteiger partial charge in [-0.05, 0) is 42.0 Å². The van der Waals surface area contributed by atoms with Crippen LogP contribution in [0, 0.1) is 0 Å². The highest BCUT2D eigenvalue weighted by atomic mass is 32.2. The average Bonchev–Trinajstić information content (AvgIpc) is 3.34. The molecule has 1 aliphatic heterocycles. The molecule has 176 valence electrons. The number of aryl methyl sites for hydroxylation is 2. The highest BCUT2D eigenvalue weighted by Gasteiger charge is 2.34. The minimum atomic E-state index is -2.92. The SMILES string of the molecule is CCc1noc(CCCC(=O)NCCN2C(=O)S/C(=C/c3ccc(OC(F)F)cc3)C2=O)n1. The molecule has 1 fully saturated rings. The summed E-state index contributed by atoms with van der Waals surface area (Å²) >= 11 is 0.777. The van der Waals surface area contributed by atoms with Gasteiger partial charge in [0.2, 0.25) is 11.8 Å². The van der Waals surface area contributed by atoms with E-state index in [0.29, 0.717) is 36.5 Å². The van der Waals surface area contributed by atoms with Crippen molar-refractivity contribution in [1.82, 2.24) is 20.4 Å². The molecule has 1 aromatic carbocycles. The van der Waals surface area contributed by atoms with Gasteiger partial charge in [-0.2, -0.15) is 13.8 Å². The van der Waals surface area contributed by atoms with Crippen molar-refractivity contribution >= 4 is 34.9 Å². The van der Waals surface area contributed by atoms with Crippen molar-refractivity contribution in [2.75, 3.05) is 13.1 Å². The summed E-state index contributed by atoms with van der Waals surface area (Å²) in [5, 5.41) is 6.03. The van der Waals surface area contributed by atoms with Crippen LogP contribution in [0.5, 0.6) is 5.75 Å². The molecule has 0 spiro atoms. The van der Waals surface area contributed by atoms with Gasteiger partial charge in [-0.15, -0.1) is 0 Å². The molecule has 0 radical (unpaired) electrons. The molecule has 0 saturated carbocycles. The summed E-state index contributed by atoms with van der Waals surface area (Å²) in [6, 6.07) is 5.70. The zero-order chi connectivity index (χ0) is 23.8. The number of carbonyl (C=O) groups is 3. The number of carbonyl (C=O) groups excluding carboxylic acids is 3. The predicted molar refractivity (Wildman–Crippen MR) is 115 cm³/mol. The number of benzene rings is 1. The predicted octanol–water partition coefficient (Wildman–Crippen LogP) is 3.41. The molecule has 9 nitrogen and oxygen atoms in total. The van der Waals surface area contributed by atoms with Crippen molar-refractivity contribution in [1.29, 1.82) is 0 Å². The van der Waals surface area contributed by atoms with E-state index in [-0.39, 0.29) is 36.1 Å². The lowest BCUT2D eigenvalue weighted by atomic mass is 10.2. The standard InChI is InChI=1S/C21H22F2N4O5S/c1-2-16-25-18(32-26-16)5-3-4-17(28)24-10-11-27-19(29)15(33-21(27)30)12-13-6-8-14(9-7-13)31-20(22)23/h6-9,12,20H,2-5,10-11H2,1H3,(H,24,28)/b15-12+. The molecular formula is C21H22F2N4O5S. The summed E-state index contributed by atoms with van der Waals surface area (Å²) in [7, 11) is 0. The zero-order valence-corrected chi connectivity index (χ0v) is 18.6. The maximum Gasteiger partial charge on any atom is 0.387 e. The first kappa shape index (κ1) is 24.4. The number of amides is 3. The topological polar surface area (TPSA) is 115 Å². The molecule has 1 N–H and O–H groups in total. The summed E-state index contributed by atoms with van der Waals surface area (Å²) < 4.78 is 33.8. The Morgan fingerprint density at radius 1 is 1.30 bits per heavy atom. The number of nitrogens with zero attached hydrogens (tertiary/aromatic N) is 3. The van der Waals surface area contributed by atoms with Gasteiger partial charge >= 0.3 is 6.61 Å². The maximum atomic E-state index is 12.5. The van der Waals surface area contributed by atoms with Gasteiger partial charge in [-0.25, -0.2) is 0 Å². The fourth-order valence-corrected chi connectivity index (χ4v) is 3.79. The Kier molecular flexibility index (Phi) is 8.52. The Balaban J connectivity index is 1.42. The van der Waals surface area contributed by atoms with E-state index in [1.807, 2.05) is 6.92 Å². The van der Waals surface area contributed by atoms with Crippen molar-refractivity contribution in [2.45, 2.75) is 39.2 Å². The minimum Gasteiger partial charge on any atom is -0.435 e. The molecule has 3 amide bonds.